The summed E-state index contributed by atoms with van der Waals surface area (Å²) in [7, 11) is 2.98. The number of nitrogens with zero attached hydrogens (tertiary/aromatic N) is 2. The number of methoxy groups -OCH3 is 2. The first-order valence-electron chi connectivity index (χ1n) is 4.26. The van der Waals surface area contributed by atoms with E-state index in [9.17, 15) is 0 Å². The van der Waals surface area contributed by atoms with Crippen LogP contribution in [0.1, 0.15) is 5.56 Å². The zero-order valence-electron chi connectivity index (χ0n) is 8.57. The van der Waals surface area contributed by atoms with Crippen molar-refractivity contribution in [2.24, 2.45) is 0 Å². The molecule has 0 aliphatic heterocycles. The summed E-state index contributed by atoms with van der Waals surface area (Å²) in [5.41, 5.74) is 1.00. The van der Waals surface area contributed by atoms with Gasteiger partial charge in [0, 0.05) is 0 Å². The van der Waals surface area contributed by atoms with Crippen LogP contribution in [0.3, 0.4) is 0 Å². The molecule has 0 N–H and O–H groups in total. The zero-order chi connectivity index (χ0) is 11.3. The first-order chi connectivity index (χ1) is 7.28. The standard InChI is InChI=1S/C11H10N2O2/c1-13-10-8(6-7-12)4-5-9(14-2)11(10)15-3/h4-5H,6H2,2-3H3. The quantitative estimate of drug-likeness (QED) is 0.706. The molecule has 0 saturated carbocycles. The van der Waals surface area contributed by atoms with Crippen LogP contribution in [-0.4, -0.2) is 14.2 Å². The molecule has 0 spiro atoms. The van der Waals surface area contributed by atoms with E-state index in [1.54, 1.807) is 12.1 Å². The molecule has 0 fully saturated rings. The molecular formula is C11H10N2O2. The maximum atomic E-state index is 8.60. The third-order valence-electron chi connectivity index (χ3n) is 1.98. The van der Waals surface area contributed by atoms with E-state index >= 15 is 0 Å². The first-order valence-corrected chi connectivity index (χ1v) is 4.26. The fourth-order valence-electron chi connectivity index (χ4n) is 1.30. The van der Waals surface area contributed by atoms with Gasteiger partial charge in [0.05, 0.1) is 33.3 Å². The Bertz CT molecular complexity index is 441. The van der Waals surface area contributed by atoms with Crippen molar-refractivity contribution in [1.82, 2.24) is 0 Å². The predicted octanol–water partition coefficient (Wildman–Crippen LogP) is 2.32. The molecule has 0 aromatic heterocycles. The second-order valence-corrected chi connectivity index (χ2v) is 2.76. The van der Waals surface area contributed by atoms with Crippen LogP contribution in [0.5, 0.6) is 11.5 Å². The van der Waals surface area contributed by atoms with E-state index in [0.717, 1.165) is 0 Å². The maximum Gasteiger partial charge on any atom is 0.236 e. The van der Waals surface area contributed by atoms with Gasteiger partial charge in [-0.1, -0.05) is 6.07 Å². The molecule has 0 bridgehead atoms. The topological polar surface area (TPSA) is 46.6 Å². The van der Waals surface area contributed by atoms with Crippen LogP contribution in [0.2, 0.25) is 0 Å². The minimum absolute atomic E-state index is 0.193. The smallest absolute Gasteiger partial charge is 0.236 e. The van der Waals surface area contributed by atoms with E-state index in [1.165, 1.54) is 14.2 Å². The SMILES string of the molecule is [C-]#[N+]c1c(CC#N)ccc(OC)c1OC. The molecule has 0 amide bonds. The van der Waals surface area contributed by atoms with E-state index in [4.69, 9.17) is 21.3 Å². The summed E-state index contributed by atoms with van der Waals surface area (Å²) in [6.45, 7) is 7.06. The molecule has 0 saturated heterocycles. The van der Waals surface area contributed by atoms with Crippen molar-refractivity contribution in [3.05, 3.63) is 29.1 Å². The van der Waals surface area contributed by atoms with Gasteiger partial charge in [-0.25, -0.2) is 4.85 Å². The highest BCUT2D eigenvalue weighted by Crippen LogP contribution is 2.40. The Morgan fingerprint density at radius 3 is 2.60 bits per heavy atom. The van der Waals surface area contributed by atoms with Crippen LogP contribution >= 0.6 is 0 Å². The molecule has 15 heavy (non-hydrogen) atoms. The molecule has 1 rings (SSSR count). The monoisotopic (exact) mass is 202 g/mol. The summed E-state index contributed by atoms with van der Waals surface area (Å²) in [5.74, 6) is 0.894. The second-order valence-electron chi connectivity index (χ2n) is 2.76. The highest BCUT2D eigenvalue weighted by Gasteiger charge is 2.14. The van der Waals surface area contributed by atoms with Crippen molar-refractivity contribution in [2.75, 3.05) is 14.2 Å². The average molecular weight is 202 g/mol. The van der Waals surface area contributed by atoms with Gasteiger partial charge >= 0.3 is 0 Å². The second kappa shape index (κ2) is 4.88. The van der Waals surface area contributed by atoms with Gasteiger partial charge in [-0.05, 0) is 11.6 Å². The van der Waals surface area contributed by atoms with E-state index < -0.39 is 0 Å². The Morgan fingerprint density at radius 2 is 2.13 bits per heavy atom. The zero-order valence-corrected chi connectivity index (χ0v) is 8.57. The van der Waals surface area contributed by atoms with Crippen LogP contribution in [0.4, 0.5) is 5.69 Å². The van der Waals surface area contributed by atoms with Gasteiger partial charge in [0.15, 0.2) is 5.75 Å². The lowest BCUT2D eigenvalue weighted by Crippen LogP contribution is -1.93. The van der Waals surface area contributed by atoms with Crippen LogP contribution in [0.25, 0.3) is 4.85 Å². The fourth-order valence-corrected chi connectivity index (χ4v) is 1.30. The van der Waals surface area contributed by atoms with Gasteiger partial charge < -0.3 is 9.47 Å². The molecule has 76 valence electrons. The lowest BCUT2D eigenvalue weighted by molar-refractivity contribution is 0.356. The number of benzene rings is 1. The van der Waals surface area contributed by atoms with Crippen LogP contribution in [0.15, 0.2) is 12.1 Å². The summed E-state index contributed by atoms with van der Waals surface area (Å²) in [4.78, 5) is 3.36. The van der Waals surface area contributed by atoms with Gasteiger partial charge in [-0.15, -0.1) is 0 Å². The van der Waals surface area contributed by atoms with Crippen molar-refractivity contribution < 1.29 is 9.47 Å². The van der Waals surface area contributed by atoms with Crippen molar-refractivity contribution in [3.8, 4) is 17.6 Å². The van der Waals surface area contributed by atoms with Crippen LogP contribution in [0, 0.1) is 17.9 Å². The van der Waals surface area contributed by atoms with E-state index in [-0.39, 0.29) is 6.42 Å². The molecule has 0 aliphatic carbocycles. The van der Waals surface area contributed by atoms with Gasteiger partial charge in [-0.2, -0.15) is 5.26 Å². The molecule has 1 aromatic rings. The Labute approximate surface area is 88.5 Å². The Morgan fingerprint density at radius 1 is 1.40 bits per heavy atom. The summed E-state index contributed by atoms with van der Waals surface area (Å²) >= 11 is 0. The summed E-state index contributed by atoms with van der Waals surface area (Å²) in [6, 6.07) is 5.41. The molecular weight excluding hydrogens is 192 g/mol. The third-order valence-corrected chi connectivity index (χ3v) is 1.98. The van der Waals surface area contributed by atoms with Crippen molar-refractivity contribution in [1.29, 1.82) is 5.26 Å². The number of nitriles is 1. The van der Waals surface area contributed by atoms with Crippen LogP contribution < -0.4 is 9.47 Å². The van der Waals surface area contributed by atoms with E-state index in [1.807, 2.05) is 6.07 Å². The van der Waals surface area contributed by atoms with Gasteiger partial charge in [-0.3, -0.25) is 0 Å². The molecule has 0 radical (unpaired) electrons. The molecule has 1 aromatic carbocycles. The summed E-state index contributed by atoms with van der Waals surface area (Å²) in [6.07, 6.45) is 0.193. The van der Waals surface area contributed by atoms with Gasteiger partial charge in [0.1, 0.15) is 5.75 Å². The highest BCUT2D eigenvalue weighted by molar-refractivity contribution is 5.69. The Balaban J connectivity index is 3.37. The fraction of sp³-hybridized carbons (Fsp3) is 0.273. The Kier molecular flexibility index (Phi) is 3.54. The predicted molar refractivity (Wildman–Crippen MR) is 55.1 cm³/mol. The van der Waals surface area contributed by atoms with Gasteiger partial charge in [0.25, 0.3) is 0 Å². The van der Waals surface area contributed by atoms with E-state index in [2.05, 4.69) is 4.85 Å². The molecule has 4 heteroatoms. The highest BCUT2D eigenvalue weighted by atomic mass is 16.5. The number of hydrogen-bond acceptors (Lipinski definition) is 3. The molecule has 0 aliphatic rings. The summed E-state index contributed by atoms with van der Waals surface area (Å²) in [5, 5.41) is 8.60. The van der Waals surface area contributed by atoms with Crippen molar-refractivity contribution in [3.63, 3.8) is 0 Å². The molecule has 0 unspecified atom stereocenters. The van der Waals surface area contributed by atoms with Crippen molar-refractivity contribution >= 4 is 5.69 Å². The number of ether oxygens (including phenoxy) is 2. The first kappa shape index (κ1) is 10.9. The molecule has 0 heterocycles. The minimum atomic E-state index is 0.193. The largest absolute Gasteiger partial charge is 0.504 e. The molecule has 4 nitrogen and oxygen atoms in total. The molecule has 0 atom stereocenters. The normalized spacial score (nSPS) is 8.80. The lowest BCUT2D eigenvalue weighted by Gasteiger charge is -2.11. The third kappa shape index (κ3) is 2.00. The van der Waals surface area contributed by atoms with E-state index in [0.29, 0.717) is 22.7 Å². The summed E-state index contributed by atoms with van der Waals surface area (Å²) < 4.78 is 10.2. The average Bonchev–Trinajstić information content (AvgIpc) is 2.28. The number of rotatable bonds is 3. The van der Waals surface area contributed by atoms with Crippen molar-refractivity contribution in [2.45, 2.75) is 6.42 Å². The van der Waals surface area contributed by atoms with Gasteiger partial charge in [0.2, 0.25) is 5.69 Å². The minimum Gasteiger partial charge on any atom is -0.504 e. The van der Waals surface area contributed by atoms with Crippen LogP contribution in [-0.2, 0) is 6.42 Å². The Hall–Kier alpha value is -2.20. The number of hydrogen-bond donors (Lipinski definition) is 0. The lowest BCUT2D eigenvalue weighted by atomic mass is 10.1. The maximum absolute atomic E-state index is 8.60.